The van der Waals surface area contributed by atoms with Crippen LogP contribution in [0.3, 0.4) is 0 Å². The molecule has 5 heteroatoms. The van der Waals surface area contributed by atoms with E-state index in [0.717, 1.165) is 0 Å². The summed E-state index contributed by atoms with van der Waals surface area (Å²) in [7, 11) is 0. The van der Waals surface area contributed by atoms with E-state index in [9.17, 15) is 14.4 Å². The highest BCUT2D eigenvalue weighted by molar-refractivity contribution is 6.22. The molecule has 0 aliphatic carbocycles. The molecule has 0 bridgehead atoms. The Kier molecular flexibility index (Phi) is 2.88. The predicted octanol–water partition coefficient (Wildman–Crippen LogP) is -0.199. The second-order valence-electron chi connectivity index (χ2n) is 3.86. The minimum atomic E-state index is -1.50. The predicted molar refractivity (Wildman–Crippen MR) is 47.5 cm³/mol. The molecule has 0 aromatic heterocycles. The molecule has 1 unspecified atom stereocenters. The quantitative estimate of drug-likeness (QED) is 0.616. The molecule has 0 spiro atoms. The average molecular weight is 199 g/mol. The maximum Gasteiger partial charge on any atom is 0.323 e. The van der Waals surface area contributed by atoms with Crippen molar-refractivity contribution in [2.75, 3.05) is 0 Å². The van der Waals surface area contributed by atoms with Crippen LogP contribution in [0.2, 0.25) is 0 Å². The molecule has 1 amide bonds. The van der Waals surface area contributed by atoms with E-state index in [-0.39, 0.29) is 5.92 Å². The Morgan fingerprint density at radius 2 is 2.07 bits per heavy atom. The molecule has 1 heterocycles. The summed E-state index contributed by atoms with van der Waals surface area (Å²) in [5.41, 5.74) is 0. The van der Waals surface area contributed by atoms with Crippen molar-refractivity contribution in [1.29, 1.82) is 0 Å². The van der Waals surface area contributed by atoms with Crippen LogP contribution in [0.4, 0.5) is 0 Å². The Morgan fingerprint density at radius 1 is 1.50 bits per heavy atom. The number of carboxylic acid groups (broad SMARTS) is 1. The van der Waals surface area contributed by atoms with Crippen LogP contribution in [0.1, 0.15) is 20.3 Å². The Bertz CT molecular complexity index is 285. The Labute approximate surface area is 81.5 Å². The van der Waals surface area contributed by atoms with E-state index in [1.807, 2.05) is 13.8 Å². The maximum absolute atomic E-state index is 11.4. The second-order valence-corrected chi connectivity index (χ2v) is 3.86. The summed E-state index contributed by atoms with van der Waals surface area (Å²) < 4.78 is 0. The topological polar surface area (TPSA) is 83.5 Å². The highest BCUT2D eigenvalue weighted by atomic mass is 16.4. The lowest BCUT2D eigenvalue weighted by molar-refractivity contribution is -0.148. The van der Waals surface area contributed by atoms with Crippen LogP contribution in [0.5, 0.6) is 0 Å². The molecule has 78 valence electrons. The van der Waals surface area contributed by atoms with E-state index >= 15 is 0 Å². The molecule has 5 nitrogen and oxygen atoms in total. The highest BCUT2D eigenvalue weighted by Gasteiger charge is 2.45. The number of aliphatic carboxylic acids is 1. The van der Waals surface area contributed by atoms with Gasteiger partial charge in [-0.05, 0) is 12.3 Å². The van der Waals surface area contributed by atoms with E-state index in [1.165, 1.54) is 0 Å². The fourth-order valence-corrected chi connectivity index (χ4v) is 1.54. The van der Waals surface area contributed by atoms with Crippen molar-refractivity contribution < 1.29 is 19.5 Å². The summed E-state index contributed by atoms with van der Waals surface area (Å²) in [4.78, 5) is 33.1. The van der Waals surface area contributed by atoms with Gasteiger partial charge in [-0.1, -0.05) is 13.8 Å². The fraction of sp³-hybridized carbons (Fsp3) is 0.667. The Hall–Kier alpha value is -1.39. The molecule has 2 atom stereocenters. The van der Waals surface area contributed by atoms with Crippen molar-refractivity contribution in [3.8, 4) is 0 Å². The van der Waals surface area contributed by atoms with Crippen molar-refractivity contribution in [3.05, 3.63) is 0 Å². The lowest BCUT2D eigenvalue weighted by atomic mass is 9.97. The van der Waals surface area contributed by atoms with Crippen LogP contribution in [0, 0.1) is 11.8 Å². The van der Waals surface area contributed by atoms with Gasteiger partial charge in [-0.2, -0.15) is 0 Å². The van der Waals surface area contributed by atoms with Gasteiger partial charge < -0.3 is 10.4 Å². The van der Waals surface area contributed by atoms with Crippen molar-refractivity contribution in [1.82, 2.24) is 5.32 Å². The molecule has 0 radical (unpaired) electrons. The molecule has 2 N–H and O–H groups in total. The summed E-state index contributed by atoms with van der Waals surface area (Å²) in [5.74, 6) is -3.82. The van der Waals surface area contributed by atoms with Gasteiger partial charge in [0.1, 0.15) is 0 Å². The van der Waals surface area contributed by atoms with Crippen LogP contribution in [-0.4, -0.2) is 28.8 Å². The third-order valence-electron chi connectivity index (χ3n) is 2.16. The van der Waals surface area contributed by atoms with E-state index in [4.69, 9.17) is 5.11 Å². The highest BCUT2D eigenvalue weighted by Crippen LogP contribution is 2.17. The first-order valence-electron chi connectivity index (χ1n) is 4.50. The normalized spacial score (nSPS) is 26.8. The molecule has 1 aliphatic rings. The van der Waals surface area contributed by atoms with Gasteiger partial charge in [0, 0.05) is 0 Å². The van der Waals surface area contributed by atoms with Crippen LogP contribution in [0.25, 0.3) is 0 Å². The van der Waals surface area contributed by atoms with Crippen LogP contribution < -0.4 is 5.32 Å². The van der Waals surface area contributed by atoms with Gasteiger partial charge in [0.15, 0.2) is 11.7 Å². The van der Waals surface area contributed by atoms with E-state index < -0.39 is 29.6 Å². The molecule has 0 aromatic rings. The molecule has 0 saturated carbocycles. The lowest BCUT2D eigenvalue weighted by Crippen LogP contribution is -2.30. The van der Waals surface area contributed by atoms with Crippen molar-refractivity contribution in [2.24, 2.45) is 11.8 Å². The van der Waals surface area contributed by atoms with Crippen LogP contribution in [-0.2, 0) is 14.4 Å². The number of carboxylic acids is 1. The second kappa shape index (κ2) is 3.77. The Balaban J connectivity index is 2.74. The fourth-order valence-electron chi connectivity index (χ4n) is 1.54. The van der Waals surface area contributed by atoms with Gasteiger partial charge in [0.05, 0.1) is 6.04 Å². The van der Waals surface area contributed by atoms with Gasteiger partial charge >= 0.3 is 5.97 Å². The summed E-state index contributed by atoms with van der Waals surface area (Å²) in [5, 5.41) is 11.0. The van der Waals surface area contributed by atoms with Crippen LogP contribution in [0.15, 0.2) is 0 Å². The molecule has 14 heavy (non-hydrogen) atoms. The monoisotopic (exact) mass is 199 g/mol. The number of amides is 1. The number of hydrogen-bond acceptors (Lipinski definition) is 3. The third kappa shape index (κ3) is 1.92. The molecule has 0 aromatic carbocycles. The number of hydrogen-bond donors (Lipinski definition) is 2. The summed E-state index contributed by atoms with van der Waals surface area (Å²) in [6, 6.07) is -0.622. The number of carbonyl (C=O) groups excluding carboxylic acids is 2. The summed E-state index contributed by atoms with van der Waals surface area (Å²) in [6.07, 6.45) is 0.494. The first-order valence-corrected chi connectivity index (χ1v) is 4.50. The van der Waals surface area contributed by atoms with Crippen molar-refractivity contribution in [3.63, 3.8) is 0 Å². The zero-order valence-electron chi connectivity index (χ0n) is 8.11. The van der Waals surface area contributed by atoms with E-state index in [1.54, 1.807) is 0 Å². The number of nitrogens with one attached hydrogen (secondary N) is 1. The molecule has 1 rings (SSSR count). The van der Waals surface area contributed by atoms with Crippen LogP contribution >= 0.6 is 0 Å². The van der Waals surface area contributed by atoms with Crippen molar-refractivity contribution >= 4 is 17.7 Å². The standard InChI is InChI=1S/C9H13NO4/c1-4(2)3-5-7(11)6(9(13)14)8(12)10-5/h4-6H,3H2,1-2H3,(H,10,12)(H,13,14)/t5-,6?/m0/s1. The first kappa shape index (κ1) is 10.7. The third-order valence-corrected chi connectivity index (χ3v) is 2.16. The largest absolute Gasteiger partial charge is 0.480 e. The lowest BCUT2D eigenvalue weighted by Gasteiger charge is -2.10. The summed E-state index contributed by atoms with van der Waals surface area (Å²) in [6.45, 7) is 3.82. The van der Waals surface area contributed by atoms with Gasteiger partial charge in [0.2, 0.25) is 5.91 Å². The number of ketones is 1. The Morgan fingerprint density at radius 3 is 2.43 bits per heavy atom. The van der Waals surface area contributed by atoms with Gasteiger partial charge in [0.25, 0.3) is 0 Å². The maximum atomic E-state index is 11.4. The minimum Gasteiger partial charge on any atom is -0.480 e. The molecular weight excluding hydrogens is 186 g/mol. The van der Waals surface area contributed by atoms with Gasteiger partial charge in [-0.25, -0.2) is 0 Å². The number of Topliss-reactive ketones (excluding diaryl/α,β-unsaturated/α-hetero) is 1. The van der Waals surface area contributed by atoms with Crippen molar-refractivity contribution in [2.45, 2.75) is 26.3 Å². The zero-order chi connectivity index (χ0) is 10.9. The molecule has 1 saturated heterocycles. The number of rotatable bonds is 3. The number of carbonyl (C=O) groups is 3. The van der Waals surface area contributed by atoms with Gasteiger partial charge in [-0.3, -0.25) is 14.4 Å². The smallest absolute Gasteiger partial charge is 0.323 e. The molecule has 1 fully saturated rings. The van der Waals surface area contributed by atoms with E-state index in [0.29, 0.717) is 6.42 Å². The summed E-state index contributed by atoms with van der Waals surface area (Å²) >= 11 is 0. The first-order chi connectivity index (χ1) is 6.43. The van der Waals surface area contributed by atoms with E-state index in [2.05, 4.69) is 5.32 Å². The van der Waals surface area contributed by atoms with Gasteiger partial charge in [-0.15, -0.1) is 0 Å². The molecule has 1 aliphatic heterocycles. The minimum absolute atomic E-state index is 0.247. The SMILES string of the molecule is CC(C)C[C@@H]1NC(=O)C(C(=O)O)C1=O. The average Bonchev–Trinajstić information content (AvgIpc) is 2.25. The zero-order valence-corrected chi connectivity index (χ0v) is 8.11. The molecular formula is C9H13NO4.